The van der Waals surface area contributed by atoms with Crippen molar-refractivity contribution in [2.45, 2.75) is 32.8 Å². The average Bonchev–Trinajstić information content (AvgIpc) is 2.46. The van der Waals surface area contributed by atoms with Gasteiger partial charge in [-0.15, -0.1) is 0 Å². The maximum Gasteiger partial charge on any atom is 0.309 e. The van der Waals surface area contributed by atoms with E-state index in [9.17, 15) is 9.59 Å². The zero-order valence-electron chi connectivity index (χ0n) is 13.0. The summed E-state index contributed by atoms with van der Waals surface area (Å²) in [7, 11) is 1.48. The maximum atomic E-state index is 12.4. The van der Waals surface area contributed by atoms with E-state index in [4.69, 9.17) is 9.84 Å². The molecule has 0 spiro atoms. The molecule has 0 bridgehead atoms. The first-order valence-electron chi connectivity index (χ1n) is 6.86. The fourth-order valence-corrected chi connectivity index (χ4v) is 1.86. The van der Waals surface area contributed by atoms with Gasteiger partial charge in [0.1, 0.15) is 0 Å². The number of ether oxygens (including phenoxy) is 1. The molecule has 5 nitrogen and oxygen atoms in total. The van der Waals surface area contributed by atoms with Crippen LogP contribution < -0.4 is 5.32 Å². The minimum absolute atomic E-state index is 0.280. The number of rotatable bonds is 7. The molecule has 2 N–H and O–H groups in total. The predicted octanol–water partition coefficient (Wildman–Crippen LogP) is 2.17. The Kier molecular flexibility index (Phi) is 5.49. The van der Waals surface area contributed by atoms with Gasteiger partial charge in [-0.2, -0.15) is 0 Å². The number of carboxylic acids is 1. The minimum atomic E-state index is -1.09. The molecule has 0 aliphatic heterocycles. The molecule has 0 radical (unpaired) electrons. The highest BCUT2D eigenvalue weighted by Crippen LogP contribution is 2.25. The summed E-state index contributed by atoms with van der Waals surface area (Å²) < 4.78 is 5.39. The van der Waals surface area contributed by atoms with Crippen molar-refractivity contribution in [1.29, 1.82) is 0 Å². The molecule has 1 unspecified atom stereocenters. The Morgan fingerprint density at radius 1 is 1.19 bits per heavy atom. The molecule has 0 aliphatic carbocycles. The number of methoxy groups -OCH3 is 1. The van der Waals surface area contributed by atoms with Gasteiger partial charge in [0.15, 0.2) is 5.60 Å². The Morgan fingerprint density at radius 3 is 2.24 bits per heavy atom. The van der Waals surface area contributed by atoms with Crippen molar-refractivity contribution < 1.29 is 19.4 Å². The first kappa shape index (κ1) is 17.2. The van der Waals surface area contributed by atoms with Gasteiger partial charge in [-0.3, -0.25) is 9.59 Å². The Labute approximate surface area is 125 Å². The van der Waals surface area contributed by atoms with E-state index in [-0.39, 0.29) is 12.5 Å². The van der Waals surface area contributed by atoms with Crippen molar-refractivity contribution in [3.05, 3.63) is 35.9 Å². The van der Waals surface area contributed by atoms with E-state index < -0.39 is 17.0 Å². The number of nitrogens with one attached hydrogen (secondary N) is 1. The summed E-state index contributed by atoms with van der Waals surface area (Å²) in [6, 6.07) is 9.20. The first-order valence-corrected chi connectivity index (χ1v) is 6.86. The third-order valence-corrected chi connectivity index (χ3v) is 3.78. The Morgan fingerprint density at radius 2 is 1.76 bits per heavy atom. The first-order chi connectivity index (χ1) is 9.74. The summed E-state index contributed by atoms with van der Waals surface area (Å²) in [4.78, 5) is 23.4. The van der Waals surface area contributed by atoms with Crippen LogP contribution in [0.2, 0.25) is 0 Å². The largest absolute Gasteiger partial charge is 0.481 e. The standard InChI is InChI=1S/C16H23NO4/c1-15(2,14(19)20)10-11-17-13(18)16(3,21-4)12-8-6-5-7-9-12/h5-9H,10-11H2,1-4H3,(H,17,18)(H,19,20). The number of carbonyl (C=O) groups is 2. The van der Waals surface area contributed by atoms with Gasteiger partial charge in [0.05, 0.1) is 5.41 Å². The van der Waals surface area contributed by atoms with Crippen molar-refractivity contribution in [3.63, 3.8) is 0 Å². The second-order valence-electron chi connectivity index (χ2n) is 5.80. The minimum Gasteiger partial charge on any atom is -0.481 e. The number of hydrogen-bond acceptors (Lipinski definition) is 3. The van der Waals surface area contributed by atoms with Gasteiger partial charge in [0.25, 0.3) is 5.91 Å². The lowest BCUT2D eigenvalue weighted by Crippen LogP contribution is -2.45. The molecule has 0 fully saturated rings. The molecule has 1 aromatic carbocycles. The molecule has 1 aromatic rings. The molecular weight excluding hydrogens is 270 g/mol. The van der Waals surface area contributed by atoms with Gasteiger partial charge in [-0.25, -0.2) is 0 Å². The van der Waals surface area contributed by atoms with Gasteiger partial charge in [-0.05, 0) is 32.8 Å². The van der Waals surface area contributed by atoms with Crippen molar-refractivity contribution in [2.75, 3.05) is 13.7 Å². The third kappa shape index (κ3) is 4.04. The van der Waals surface area contributed by atoms with Crippen LogP contribution in [0.25, 0.3) is 0 Å². The van der Waals surface area contributed by atoms with Crippen LogP contribution in [0.4, 0.5) is 0 Å². The molecule has 116 valence electrons. The topological polar surface area (TPSA) is 75.6 Å². The van der Waals surface area contributed by atoms with E-state index in [1.807, 2.05) is 30.3 Å². The smallest absolute Gasteiger partial charge is 0.309 e. The number of carbonyl (C=O) groups excluding carboxylic acids is 1. The second-order valence-corrected chi connectivity index (χ2v) is 5.80. The van der Waals surface area contributed by atoms with Crippen molar-refractivity contribution in [2.24, 2.45) is 5.41 Å². The van der Waals surface area contributed by atoms with Gasteiger partial charge in [0.2, 0.25) is 0 Å². The van der Waals surface area contributed by atoms with E-state index >= 15 is 0 Å². The summed E-state index contributed by atoms with van der Waals surface area (Å²) in [5.74, 6) is -1.16. The highest BCUT2D eigenvalue weighted by molar-refractivity contribution is 5.86. The van der Waals surface area contributed by atoms with Crippen LogP contribution in [0, 0.1) is 5.41 Å². The highest BCUT2D eigenvalue weighted by Gasteiger charge is 2.35. The molecular formula is C16H23NO4. The van der Waals surface area contributed by atoms with Crippen LogP contribution in [-0.2, 0) is 19.9 Å². The summed E-state index contributed by atoms with van der Waals surface area (Å²) >= 11 is 0. The third-order valence-electron chi connectivity index (χ3n) is 3.78. The van der Waals surface area contributed by atoms with Crippen LogP contribution >= 0.6 is 0 Å². The normalized spacial score (nSPS) is 14.3. The molecule has 0 aromatic heterocycles. The van der Waals surface area contributed by atoms with Gasteiger partial charge in [-0.1, -0.05) is 30.3 Å². The van der Waals surface area contributed by atoms with E-state index in [2.05, 4.69) is 5.32 Å². The molecule has 0 saturated carbocycles. The van der Waals surface area contributed by atoms with Gasteiger partial charge in [0, 0.05) is 13.7 Å². The predicted molar refractivity (Wildman–Crippen MR) is 79.8 cm³/mol. The summed E-state index contributed by atoms with van der Waals surface area (Å²) in [5.41, 5.74) is -1.21. The Hall–Kier alpha value is -1.88. The van der Waals surface area contributed by atoms with Crippen LogP contribution in [-0.4, -0.2) is 30.6 Å². The van der Waals surface area contributed by atoms with E-state index in [0.29, 0.717) is 6.42 Å². The van der Waals surface area contributed by atoms with E-state index in [1.54, 1.807) is 20.8 Å². The van der Waals surface area contributed by atoms with Crippen LogP contribution in [0.1, 0.15) is 32.8 Å². The monoisotopic (exact) mass is 293 g/mol. The molecule has 0 heterocycles. The molecule has 0 aliphatic rings. The summed E-state index contributed by atoms with van der Waals surface area (Å²) in [6.45, 7) is 5.24. The number of aliphatic carboxylic acids is 1. The lowest BCUT2D eigenvalue weighted by Gasteiger charge is -2.28. The quantitative estimate of drug-likeness (QED) is 0.808. The van der Waals surface area contributed by atoms with E-state index in [0.717, 1.165) is 5.56 Å². The van der Waals surface area contributed by atoms with Crippen molar-refractivity contribution in [3.8, 4) is 0 Å². The second kappa shape index (κ2) is 6.72. The maximum absolute atomic E-state index is 12.4. The SMILES string of the molecule is COC(C)(C(=O)NCCC(C)(C)C(=O)O)c1ccccc1. The molecule has 21 heavy (non-hydrogen) atoms. The molecule has 1 rings (SSSR count). The molecule has 1 amide bonds. The number of carboxylic acid groups (broad SMARTS) is 1. The fourth-order valence-electron chi connectivity index (χ4n) is 1.86. The fraction of sp³-hybridized carbons (Fsp3) is 0.500. The van der Waals surface area contributed by atoms with Crippen LogP contribution in [0.5, 0.6) is 0 Å². The zero-order chi connectivity index (χ0) is 16.1. The zero-order valence-corrected chi connectivity index (χ0v) is 13.0. The van der Waals surface area contributed by atoms with Crippen LogP contribution in [0.3, 0.4) is 0 Å². The lowest BCUT2D eigenvalue weighted by atomic mass is 9.89. The van der Waals surface area contributed by atoms with Crippen molar-refractivity contribution in [1.82, 2.24) is 5.32 Å². The Balaban J connectivity index is 2.71. The van der Waals surface area contributed by atoms with E-state index in [1.165, 1.54) is 7.11 Å². The molecule has 5 heteroatoms. The number of amides is 1. The van der Waals surface area contributed by atoms with Crippen molar-refractivity contribution >= 4 is 11.9 Å². The van der Waals surface area contributed by atoms with Crippen LogP contribution in [0.15, 0.2) is 30.3 Å². The lowest BCUT2D eigenvalue weighted by molar-refractivity contribution is -0.148. The average molecular weight is 293 g/mol. The molecule has 1 atom stereocenters. The number of hydrogen-bond donors (Lipinski definition) is 2. The molecule has 0 saturated heterocycles. The summed E-state index contributed by atoms with van der Waals surface area (Å²) in [6.07, 6.45) is 0.350. The van der Waals surface area contributed by atoms with Gasteiger partial charge < -0.3 is 15.2 Å². The summed E-state index contributed by atoms with van der Waals surface area (Å²) in [5, 5.41) is 11.8. The number of benzene rings is 1. The Bertz CT molecular complexity index is 498. The highest BCUT2D eigenvalue weighted by atomic mass is 16.5. The van der Waals surface area contributed by atoms with Gasteiger partial charge >= 0.3 is 5.97 Å².